The lowest BCUT2D eigenvalue weighted by atomic mass is 9.98. The molecule has 2 unspecified atom stereocenters. The molecule has 4 N–H and O–H groups in total. The van der Waals surface area contributed by atoms with E-state index in [1.54, 1.807) is 12.1 Å². The van der Waals surface area contributed by atoms with Crippen molar-refractivity contribution in [1.82, 2.24) is 20.1 Å². The quantitative estimate of drug-likeness (QED) is 0.185. The average molecular weight is 614 g/mol. The van der Waals surface area contributed by atoms with Gasteiger partial charge in [0.2, 0.25) is 17.7 Å². The summed E-state index contributed by atoms with van der Waals surface area (Å²) in [6.45, 7) is 5.83. The number of methoxy groups -OCH3 is 1. The van der Waals surface area contributed by atoms with Gasteiger partial charge in [0.25, 0.3) is 10.0 Å². The number of benzene rings is 2. The molecule has 12 nitrogen and oxygen atoms in total. The molecule has 1 saturated heterocycles. The Hall–Kier alpha value is -4.47. The van der Waals surface area contributed by atoms with Crippen LogP contribution in [0.1, 0.15) is 25.3 Å². The van der Waals surface area contributed by atoms with E-state index >= 15 is 0 Å². The zero-order chi connectivity index (χ0) is 30.9. The van der Waals surface area contributed by atoms with Crippen LogP contribution in [0.25, 0.3) is 22.6 Å². The molecule has 2 atom stereocenters. The van der Waals surface area contributed by atoms with Gasteiger partial charge >= 0.3 is 0 Å². The van der Waals surface area contributed by atoms with Crippen LogP contribution in [0.2, 0.25) is 0 Å². The molecular formula is C28H29F2N7O5S. The number of morpholine rings is 1. The van der Waals surface area contributed by atoms with E-state index in [0.29, 0.717) is 53.8 Å². The number of halogens is 2. The maximum Gasteiger partial charge on any atom is 0.264 e. The largest absolute Gasteiger partial charge is 0.480 e. The first kappa shape index (κ1) is 30.0. The van der Waals surface area contributed by atoms with E-state index in [9.17, 15) is 17.2 Å². The van der Waals surface area contributed by atoms with Crippen molar-refractivity contribution in [3.63, 3.8) is 0 Å². The summed E-state index contributed by atoms with van der Waals surface area (Å²) < 4.78 is 72.8. The molecule has 0 saturated carbocycles. The van der Waals surface area contributed by atoms with Crippen LogP contribution >= 0.6 is 0 Å². The number of hydrogen-bond acceptors (Lipinski definition) is 11. The number of nitrogen functional groups attached to an aromatic ring is 1. The van der Waals surface area contributed by atoms with Crippen molar-refractivity contribution in [2.45, 2.75) is 37.5 Å². The second kappa shape index (κ2) is 12.0. The molecule has 3 heterocycles. The summed E-state index contributed by atoms with van der Waals surface area (Å²) >= 11 is 0. The van der Waals surface area contributed by atoms with Crippen LogP contribution in [-0.4, -0.2) is 67.1 Å². The minimum atomic E-state index is -4.49. The average Bonchev–Trinajstić information content (AvgIpc) is 3.39. The predicted octanol–water partition coefficient (Wildman–Crippen LogP) is 4.08. The Kier molecular flexibility index (Phi) is 8.39. The van der Waals surface area contributed by atoms with Crippen molar-refractivity contribution in [3.05, 3.63) is 65.7 Å². The first-order chi connectivity index (χ1) is 20.5. The zero-order valence-corrected chi connectivity index (χ0v) is 24.3. The molecule has 226 valence electrons. The monoisotopic (exact) mass is 613 g/mol. The maximum absolute atomic E-state index is 14.3. The number of aromatic nitrogens is 3. The number of hydrogen-bond donors (Lipinski definition) is 3. The highest BCUT2D eigenvalue weighted by molar-refractivity contribution is 7.92. The Morgan fingerprint density at radius 3 is 2.56 bits per heavy atom. The molecule has 1 fully saturated rings. The molecule has 0 radical (unpaired) electrons. The molecule has 2 aromatic heterocycles. The number of ether oxygens (including phenoxy) is 2. The van der Waals surface area contributed by atoms with Gasteiger partial charge in [0.15, 0.2) is 0 Å². The van der Waals surface area contributed by atoms with E-state index in [1.165, 1.54) is 19.4 Å². The summed E-state index contributed by atoms with van der Waals surface area (Å²) in [5.74, 6) is -1.74. The van der Waals surface area contributed by atoms with Crippen molar-refractivity contribution in [3.8, 4) is 28.5 Å². The molecule has 0 amide bonds. The Labute approximate surface area is 246 Å². The number of sulfonamides is 1. The van der Waals surface area contributed by atoms with Gasteiger partial charge in [-0.15, -0.1) is 10.2 Å². The van der Waals surface area contributed by atoms with Crippen molar-refractivity contribution in [1.29, 1.82) is 5.41 Å². The zero-order valence-electron chi connectivity index (χ0n) is 23.5. The summed E-state index contributed by atoms with van der Waals surface area (Å²) in [4.78, 5) is 5.59. The van der Waals surface area contributed by atoms with E-state index in [-0.39, 0.29) is 35.4 Å². The van der Waals surface area contributed by atoms with Gasteiger partial charge < -0.3 is 25.0 Å². The van der Waals surface area contributed by atoms with Gasteiger partial charge in [-0.2, -0.15) is 0 Å². The number of pyridine rings is 1. The summed E-state index contributed by atoms with van der Waals surface area (Å²) in [7, 11) is -3.20. The summed E-state index contributed by atoms with van der Waals surface area (Å²) in [6, 6.07) is 6.80. The van der Waals surface area contributed by atoms with Gasteiger partial charge in [0.1, 0.15) is 22.2 Å². The van der Waals surface area contributed by atoms with Crippen LogP contribution in [0.15, 0.2) is 51.9 Å². The van der Waals surface area contributed by atoms with E-state index < -0.39 is 26.6 Å². The molecule has 1 aliphatic rings. The summed E-state index contributed by atoms with van der Waals surface area (Å²) in [6.07, 6.45) is 2.63. The van der Waals surface area contributed by atoms with Crippen LogP contribution in [0, 0.1) is 17.0 Å². The van der Waals surface area contributed by atoms with Crippen molar-refractivity contribution in [2.24, 2.45) is 0 Å². The van der Waals surface area contributed by atoms with Crippen LogP contribution < -0.4 is 15.2 Å². The molecule has 0 bridgehead atoms. The van der Waals surface area contributed by atoms with Crippen LogP contribution in [0.4, 0.5) is 20.2 Å². The highest BCUT2D eigenvalue weighted by atomic mass is 32.2. The van der Waals surface area contributed by atoms with E-state index in [1.807, 2.05) is 13.8 Å². The van der Waals surface area contributed by atoms with Crippen molar-refractivity contribution in [2.75, 3.05) is 30.7 Å². The van der Waals surface area contributed by atoms with Gasteiger partial charge in [-0.3, -0.25) is 9.62 Å². The van der Waals surface area contributed by atoms with Crippen molar-refractivity contribution < 1.29 is 31.1 Å². The predicted molar refractivity (Wildman–Crippen MR) is 154 cm³/mol. The molecule has 1 aliphatic heterocycles. The van der Waals surface area contributed by atoms with E-state index in [4.69, 9.17) is 25.0 Å². The van der Waals surface area contributed by atoms with Crippen LogP contribution in [-0.2, 0) is 21.3 Å². The Morgan fingerprint density at radius 1 is 1.14 bits per heavy atom. The third kappa shape index (κ3) is 6.48. The van der Waals surface area contributed by atoms with Crippen molar-refractivity contribution >= 4 is 27.6 Å². The van der Waals surface area contributed by atoms with E-state index in [0.717, 1.165) is 18.3 Å². The van der Waals surface area contributed by atoms with Gasteiger partial charge in [-0.25, -0.2) is 22.2 Å². The topological polar surface area (TPSA) is 170 Å². The number of rotatable bonds is 9. The van der Waals surface area contributed by atoms with Crippen LogP contribution in [0.5, 0.6) is 5.88 Å². The van der Waals surface area contributed by atoms with Gasteiger partial charge in [0, 0.05) is 48.4 Å². The lowest BCUT2D eigenvalue weighted by Gasteiger charge is -2.34. The third-order valence-corrected chi connectivity index (χ3v) is 8.11. The van der Waals surface area contributed by atoms with Gasteiger partial charge in [-0.1, -0.05) is 0 Å². The van der Waals surface area contributed by atoms with Gasteiger partial charge in [-0.05, 0) is 49.7 Å². The first-order valence-corrected chi connectivity index (χ1v) is 14.6. The molecule has 2 aromatic carbocycles. The SMILES string of the molecule is COc1ncc(-c2cc(N)c(C=N)c(-c3nnc(CN4CC(C)OC(C)C4)o3)c2)cc1NS(=O)(=O)c1ccc(F)cc1F. The van der Waals surface area contributed by atoms with E-state index in [2.05, 4.69) is 24.8 Å². The minimum absolute atomic E-state index is 0.0642. The lowest BCUT2D eigenvalue weighted by Crippen LogP contribution is -2.44. The lowest BCUT2D eigenvalue weighted by molar-refractivity contribution is -0.0721. The van der Waals surface area contributed by atoms with Gasteiger partial charge in [0.05, 0.1) is 31.4 Å². The molecule has 4 aromatic rings. The minimum Gasteiger partial charge on any atom is -0.480 e. The third-order valence-electron chi connectivity index (χ3n) is 6.71. The number of nitrogens with one attached hydrogen (secondary N) is 2. The number of anilines is 2. The molecule has 5 rings (SSSR count). The number of nitrogens with two attached hydrogens (primary N) is 1. The summed E-state index contributed by atoms with van der Waals surface area (Å²) in [5, 5.41) is 16.3. The van der Waals surface area contributed by atoms with Crippen LogP contribution in [0.3, 0.4) is 0 Å². The highest BCUT2D eigenvalue weighted by Gasteiger charge is 2.25. The molecular weight excluding hydrogens is 584 g/mol. The molecule has 0 spiro atoms. The second-order valence-electron chi connectivity index (χ2n) is 10.1. The fraction of sp³-hybridized carbons (Fsp3) is 0.286. The smallest absolute Gasteiger partial charge is 0.264 e. The molecule has 43 heavy (non-hydrogen) atoms. The standard InChI is InChI=1S/C28H29F2N7O5S/c1-15-12-37(13-16(2)41-15)14-26-34-35-27(42-26)20-6-17(7-23(32)21(20)10-31)18-8-24(28(40-3)33-11-18)36-43(38,39)25-5-4-19(29)9-22(25)30/h4-11,15-16,31,36H,12-14,32H2,1-3H3. The second-order valence-corrected chi connectivity index (χ2v) is 11.7. The maximum atomic E-state index is 14.3. The fourth-order valence-corrected chi connectivity index (χ4v) is 6.06. The molecule has 0 aliphatic carbocycles. The Bertz CT molecular complexity index is 1770. The number of nitrogens with zero attached hydrogens (tertiary/aromatic N) is 4. The fourth-order valence-electron chi connectivity index (χ4n) is 4.95. The normalized spacial score (nSPS) is 17.5. The Balaban J connectivity index is 1.48. The summed E-state index contributed by atoms with van der Waals surface area (Å²) in [5.41, 5.74) is 8.05. The Morgan fingerprint density at radius 2 is 1.88 bits per heavy atom. The molecule has 15 heteroatoms. The highest BCUT2D eigenvalue weighted by Crippen LogP contribution is 2.35. The first-order valence-electron chi connectivity index (χ1n) is 13.1.